The van der Waals surface area contributed by atoms with Crippen LogP contribution in [-0.4, -0.2) is 15.8 Å². The van der Waals surface area contributed by atoms with Gasteiger partial charge in [0.1, 0.15) is 5.82 Å². The zero-order valence-electron chi connectivity index (χ0n) is 9.47. The summed E-state index contributed by atoms with van der Waals surface area (Å²) in [7, 11) is 0. The van der Waals surface area contributed by atoms with E-state index in [4.69, 9.17) is 5.73 Å². The van der Waals surface area contributed by atoms with Gasteiger partial charge in [-0.15, -0.1) is 11.8 Å². The van der Waals surface area contributed by atoms with Gasteiger partial charge >= 0.3 is 0 Å². The molecular weight excluding hydrogens is 218 g/mol. The van der Waals surface area contributed by atoms with Crippen LogP contribution in [0.25, 0.3) is 5.69 Å². The molecule has 0 radical (unpaired) electrons. The Balaban J connectivity index is 2.61. The van der Waals surface area contributed by atoms with E-state index in [1.54, 1.807) is 18.0 Å². The summed E-state index contributed by atoms with van der Waals surface area (Å²) in [5.74, 6) is 0.980. The predicted molar refractivity (Wildman–Crippen MR) is 68.0 cm³/mol. The van der Waals surface area contributed by atoms with Crippen LogP contribution in [0.2, 0.25) is 0 Å². The Morgan fingerprint density at radius 3 is 2.81 bits per heavy atom. The van der Waals surface area contributed by atoms with Crippen molar-refractivity contribution in [3.8, 4) is 5.69 Å². The average Bonchev–Trinajstić information content (AvgIpc) is 2.74. The van der Waals surface area contributed by atoms with Crippen molar-refractivity contribution in [2.24, 2.45) is 5.73 Å². The molecule has 2 aromatic rings. The molecule has 0 fully saturated rings. The van der Waals surface area contributed by atoms with E-state index in [9.17, 15) is 0 Å². The summed E-state index contributed by atoms with van der Waals surface area (Å²) in [6, 6.07) is 6.24. The number of aromatic nitrogens is 2. The molecular formula is C12H15N3S. The number of rotatable bonds is 3. The molecule has 0 amide bonds. The molecule has 1 aromatic heterocycles. The SMILES string of the molecule is CSc1cccc(-n2ccnc2C)c1CN. The maximum Gasteiger partial charge on any atom is 0.110 e. The smallest absolute Gasteiger partial charge is 0.110 e. The summed E-state index contributed by atoms with van der Waals surface area (Å²) in [4.78, 5) is 5.47. The second-order valence-corrected chi connectivity index (χ2v) is 4.35. The highest BCUT2D eigenvalue weighted by Crippen LogP contribution is 2.26. The van der Waals surface area contributed by atoms with Crippen molar-refractivity contribution < 1.29 is 0 Å². The van der Waals surface area contributed by atoms with Crippen molar-refractivity contribution in [1.82, 2.24) is 9.55 Å². The average molecular weight is 233 g/mol. The standard InChI is InChI=1S/C12H15N3S/c1-9-14-6-7-15(9)11-4-3-5-12(16-2)10(11)8-13/h3-7H,8,13H2,1-2H3. The maximum atomic E-state index is 5.84. The van der Waals surface area contributed by atoms with Gasteiger partial charge in [-0.1, -0.05) is 6.07 Å². The van der Waals surface area contributed by atoms with Crippen molar-refractivity contribution >= 4 is 11.8 Å². The minimum Gasteiger partial charge on any atom is -0.326 e. The molecule has 3 nitrogen and oxygen atoms in total. The van der Waals surface area contributed by atoms with Crippen LogP contribution in [-0.2, 0) is 6.54 Å². The fraction of sp³-hybridized carbons (Fsp3) is 0.250. The highest BCUT2D eigenvalue weighted by Gasteiger charge is 2.09. The quantitative estimate of drug-likeness (QED) is 0.828. The summed E-state index contributed by atoms with van der Waals surface area (Å²) in [5, 5.41) is 0. The molecule has 0 spiro atoms. The van der Waals surface area contributed by atoms with Crippen molar-refractivity contribution in [2.75, 3.05) is 6.26 Å². The molecule has 1 heterocycles. The third-order valence-electron chi connectivity index (χ3n) is 2.62. The molecule has 0 aliphatic carbocycles. The molecule has 4 heteroatoms. The fourth-order valence-corrected chi connectivity index (χ4v) is 2.46. The Hall–Kier alpha value is -1.26. The van der Waals surface area contributed by atoms with Gasteiger partial charge in [-0.05, 0) is 25.3 Å². The first-order chi connectivity index (χ1) is 7.77. The van der Waals surface area contributed by atoms with Gasteiger partial charge in [-0.3, -0.25) is 0 Å². The van der Waals surface area contributed by atoms with Crippen LogP contribution in [0.3, 0.4) is 0 Å². The zero-order chi connectivity index (χ0) is 11.5. The summed E-state index contributed by atoms with van der Waals surface area (Å²) in [6.45, 7) is 2.54. The Labute approximate surface area is 99.7 Å². The lowest BCUT2D eigenvalue weighted by Crippen LogP contribution is -2.06. The van der Waals surface area contributed by atoms with Gasteiger partial charge in [-0.25, -0.2) is 4.98 Å². The summed E-state index contributed by atoms with van der Waals surface area (Å²) in [6.07, 6.45) is 5.84. The highest BCUT2D eigenvalue weighted by molar-refractivity contribution is 7.98. The molecule has 0 bridgehead atoms. The van der Waals surface area contributed by atoms with Gasteiger partial charge in [0, 0.05) is 29.4 Å². The van der Waals surface area contributed by atoms with Crippen LogP contribution >= 0.6 is 11.8 Å². The van der Waals surface area contributed by atoms with Gasteiger partial charge in [0.25, 0.3) is 0 Å². The van der Waals surface area contributed by atoms with E-state index in [1.165, 1.54) is 10.5 Å². The molecule has 0 saturated carbocycles. The third kappa shape index (κ3) is 1.86. The predicted octanol–water partition coefficient (Wildman–Crippen LogP) is 2.36. The number of hydrogen-bond acceptors (Lipinski definition) is 3. The molecule has 2 N–H and O–H groups in total. The maximum absolute atomic E-state index is 5.84. The van der Waals surface area contributed by atoms with E-state index < -0.39 is 0 Å². The lowest BCUT2D eigenvalue weighted by molar-refractivity contribution is 0.919. The molecule has 1 aromatic carbocycles. The van der Waals surface area contributed by atoms with Crippen LogP contribution in [0.5, 0.6) is 0 Å². The minimum atomic E-state index is 0.546. The zero-order valence-corrected chi connectivity index (χ0v) is 10.3. The first-order valence-electron chi connectivity index (χ1n) is 5.14. The lowest BCUT2D eigenvalue weighted by Gasteiger charge is -2.13. The number of imidazole rings is 1. The van der Waals surface area contributed by atoms with E-state index in [0.29, 0.717) is 6.54 Å². The van der Waals surface area contributed by atoms with E-state index in [2.05, 4.69) is 34.0 Å². The van der Waals surface area contributed by atoms with Crippen molar-refractivity contribution in [1.29, 1.82) is 0 Å². The van der Waals surface area contributed by atoms with E-state index in [1.807, 2.05) is 13.1 Å². The molecule has 2 rings (SSSR count). The summed E-state index contributed by atoms with van der Waals surface area (Å²) < 4.78 is 2.07. The van der Waals surface area contributed by atoms with Crippen molar-refractivity contribution in [3.63, 3.8) is 0 Å². The van der Waals surface area contributed by atoms with E-state index in [0.717, 1.165) is 11.5 Å². The van der Waals surface area contributed by atoms with Crippen molar-refractivity contribution in [2.45, 2.75) is 18.4 Å². The lowest BCUT2D eigenvalue weighted by atomic mass is 10.1. The fourth-order valence-electron chi connectivity index (χ4n) is 1.81. The van der Waals surface area contributed by atoms with Crippen LogP contribution in [0.15, 0.2) is 35.5 Å². The molecule has 0 unspecified atom stereocenters. The summed E-state index contributed by atoms with van der Waals surface area (Å²) in [5.41, 5.74) is 8.14. The number of aryl methyl sites for hydroxylation is 1. The normalized spacial score (nSPS) is 10.7. The van der Waals surface area contributed by atoms with Crippen molar-refractivity contribution in [3.05, 3.63) is 42.0 Å². The monoisotopic (exact) mass is 233 g/mol. The molecule has 84 valence electrons. The number of hydrogen-bond donors (Lipinski definition) is 1. The minimum absolute atomic E-state index is 0.546. The Morgan fingerprint density at radius 1 is 1.44 bits per heavy atom. The van der Waals surface area contributed by atoms with Gasteiger partial charge < -0.3 is 10.3 Å². The van der Waals surface area contributed by atoms with Gasteiger partial charge in [0.15, 0.2) is 0 Å². The Morgan fingerprint density at radius 2 is 2.25 bits per heavy atom. The van der Waals surface area contributed by atoms with Gasteiger partial charge in [-0.2, -0.15) is 0 Å². The second-order valence-electron chi connectivity index (χ2n) is 3.51. The number of benzene rings is 1. The summed E-state index contributed by atoms with van der Waals surface area (Å²) >= 11 is 1.72. The molecule has 0 aliphatic heterocycles. The highest BCUT2D eigenvalue weighted by atomic mass is 32.2. The van der Waals surface area contributed by atoms with Gasteiger partial charge in [0.05, 0.1) is 5.69 Å². The van der Waals surface area contributed by atoms with Crippen LogP contribution in [0, 0.1) is 6.92 Å². The van der Waals surface area contributed by atoms with Crippen LogP contribution in [0.4, 0.5) is 0 Å². The molecule has 16 heavy (non-hydrogen) atoms. The molecule has 0 atom stereocenters. The Kier molecular flexibility index (Phi) is 3.31. The molecule has 0 aliphatic rings. The number of thioether (sulfide) groups is 1. The van der Waals surface area contributed by atoms with Crippen LogP contribution < -0.4 is 5.73 Å². The first kappa shape index (κ1) is 11.2. The molecule has 0 saturated heterocycles. The largest absolute Gasteiger partial charge is 0.326 e. The topological polar surface area (TPSA) is 43.8 Å². The number of nitrogens with zero attached hydrogens (tertiary/aromatic N) is 2. The van der Waals surface area contributed by atoms with Gasteiger partial charge in [0.2, 0.25) is 0 Å². The van der Waals surface area contributed by atoms with E-state index >= 15 is 0 Å². The van der Waals surface area contributed by atoms with E-state index in [-0.39, 0.29) is 0 Å². The third-order valence-corrected chi connectivity index (χ3v) is 3.44. The number of nitrogens with two attached hydrogens (primary N) is 1. The van der Waals surface area contributed by atoms with Crippen LogP contribution in [0.1, 0.15) is 11.4 Å². The first-order valence-corrected chi connectivity index (χ1v) is 6.36. The second kappa shape index (κ2) is 4.72. The Bertz CT molecular complexity index is 491.